The molecule has 0 aliphatic carbocycles. The zero-order valence-electron chi connectivity index (χ0n) is 8.16. The van der Waals surface area contributed by atoms with Crippen LogP contribution < -0.4 is 0 Å². The van der Waals surface area contributed by atoms with E-state index in [1.54, 1.807) is 12.1 Å². The minimum Gasteiger partial charge on any atom is -0.466 e. The van der Waals surface area contributed by atoms with Crippen molar-refractivity contribution in [3.8, 4) is 11.8 Å². The Kier molecular flexibility index (Phi) is 4.11. The molecule has 0 amide bonds. The highest BCUT2D eigenvalue weighted by molar-refractivity contribution is 5.82. The number of ether oxygens (including phenoxy) is 1. The molecule has 0 aliphatic heterocycles. The lowest BCUT2D eigenvalue weighted by Crippen LogP contribution is -1.92. The molecule has 0 aromatic heterocycles. The number of esters is 1. The van der Waals surface area contributed by atoms with Crippen molar-refractivity contribution in [3.63, 3.8) is 0 Å². The highest BCUT2D eigenvalue weighted by atomic mass is 19.1. The summed E-state index contributed by atoms with van der Waals surface area (Å²) in [5.41, 5.74) is 0.686. The number of hydrogen-bond acceptors (Lipinski definition) is 2. The summed E-state index contributed by atoms with van der Waals surface area (Å²) in [6, 6.07) is 5.78. The summed E-state index contributed by atoms with van der Waals surface area (Å²) in [5.74, 6) is 4.62. The van der Waals surface area contributed by atoms with Gasteiger partial charge in [-0.2, -0.15) is 0 Å². The number of methoxy groups -OCH3 is 1. The maximum atomic E-state index is 12.5. The lowest BCUT2D eigenvalue weighted by molar-refractivity contribution is -0.134. The molecule has 0 unspecified atom stereocenters. The Balaban J connectivity index is 2.62. The van der Waals surface area contributed by atoms with Gasteiger partial charge in [0.05, 0.1) is 7.11 Å². The molecule has 2 nitrogen and oxygen atoms in total. The van der Waals surface area contributed by atoms with Crippen LogP contribution in [0.15, 0.2) is 36.4 Å². The predicted octanol–water partition coefficient (Wildman–Crippen LogP) is 1.91. The number of carbonyl (C=O) groups excluding carboxylic acids is 1. The Morgan fingerprint density at radius 1 is 1.40 bits per heavy atom. The lowest BCUT2D eigenvalue weighted by Gasteiger charge is -1.88. The Morgan fingerprint density at radius 3 is 2.67 bits per heavy atom. The summed E-state index contributed by atoms with van der Waals surface area (Å²) >= 11 is 0. The fourth-order valence-corrected chi connectivity index (χ4v) is 0.836. The standard InChI is InChI=1S/C12H9FO2/c1-15-12(14)5-3-2-4-10-6-8-11(13)9-7-10/h3,5-9H,1H3/b5-3+. The Bertz CT molecular complexity index is 421. The molecule has 0 atom stereocenters. The van der Waals surface area contributed by atoms with Crippen LogP contribution in [0, 0.1) is 17.7 Å². The number of allylic oxidation sites excluding steroid dienone is 1. The summed E-state index contributed by atoms with van der Waals surface area (Å²) in [7, 11) is 1.29. The predicted molar refractivity (Wildman–Crippen MR) is 54.4 cm³/mol. The van der Waals surface area contributed by atoms with Gasteiger partial charge in [0.25, 0.3) is 0 Å². The van der Waals surface area contributed by atoms with Gasteiger partial charge in [-0.25, -0.2) is 9.18 Å². The van der Waals surface area contributed by atoms with E-state index in [9.17, 15) is 9.18 Å². The zero-order chi connectivity index (χ0) is 11.1. The quantitative estimate of drug-likeness (QED) is 0.397. The van der Waals surface area contributed by atoms with Crippen LogP contribution in [-0.2, 0) is 9.53 Å². The van der Waals surface area contributed by atoms with Crippen LogP contribution in [0.25, 0.3) is 0 Å². The Morgan fingerprint density at radius 2 is 2.07 bits per heavy atom. The van der Waals surface area contributed by atoms with E-state index < -0.39 is 5.97 Å². The summed E-state index contributed by atoms with van der Waals surface area (Å²) < 4.78 is 16.9. The molecule has 0 bridgehead atoms. The van der Waals surface area contributed by atoms with Gasteiger partial charge < -0.3 is 4.74 Å². The molecule has 0 saturated carbocycles. The molecule has 1 aromatic carbocycles. The number of hydrogen-bond donors (Lipinski definition) is 0. The smallest absolute Gasteiger partial charge is 0.331 e. The van der Waals surface area contributed by atoms with Crippen LogP contribution in [0.1, 0.15) is 5.56 Å². The van der Waals surface area contributed by atoms with Crippen LogP contribution in [0.2, 0.25) is 0 Å². The van der Waals surface area contributed by atoms with E-state index in [1.807, 2.05) is 0 Å². The van der Waals surface area contributed by atoms with E-state index in [-0.39, 0.29) is 5.82 Å². The first-order chi connectivity index (χ1) is 7.22. The second kappa shape index (κ2) is 5.61. The molecule has 0 saturated heterocycles. The minimum atomic E-state index is -0.455. The molecule has 0 fully saturated rings. The van der Waals surface area contributed by atoms with Crippen molar-refractivity contribution in [3.05, 3.63) is 47.8 Å². The van der Waals surface area contributed by atoms with Crippen molar-refractivity contribution < 1.29 is 13.9 Å². The molecule has 0 aliphatic rings. The second-order valence-electron chi connectivity index (χ2n) is 2.63. The number of rotatable bonds is 1. The zero-order valence-corrected chi connectivity index (χ0v) is 8.16. The molecule has 0 N–H and O–H groups in total. The monoisotopic (exact) mass is 204 g/mol. The minimum absolute atomic E-state index is 0.300. The molecular weight excluding hydrogens is 195 g/mol. The third-order valence-corrected chi connectivity index (χ3v) is 1.56. The van der Waals surface area contributed by atoms with Crippen molar-refractivity contribution in [2.75, 3.05) is 7.11 Å². The molecule has 76 valence electrons. The van der Waals surface area contributed by atoms with Gasteiger partial charge in [-0.05, 0) is 30.3 Å². The SMILES string of the molecule is COC(=O)/C=C/C#Cc1ccc(F)cc1. The number of carbonyl (C=O) groups is 1. The second-order valence-corrected chi connectivity index (χ2v) is 2.63. The van der Waals surface area contributed by atoms with Gasteiger partial charge in [0.1, 0.15) is 5.82 Å². The van der Waals surface area contributed by atoms with Gasteiger partial charge in [-0.15, -0.1) is 0 Å². The van der Waals surface area contributed by atoms with Crippen LogP contribution in [-0.4, -0.2) is 13.1 Å². The normalized spacial score (nSPS) is 9.47. The fourth-order valence-electron chi connectivity index (χ4n) is 0.836. The summed E-state index contributed by atoms with van der Waals surface area (Å²) in [4.78, 5) is 10.6. The first kappa shape index (κ1) is 11.0. The van der Waals surface area contributed by atoms with Gasteiger partial charge in [0.2, 0.25) is 0 Å². The Labute approximate surface area is 87.4 Å². The van der Waals surface area contributed by atoms with Crippen LogP contribution in [0.3, 0.4) is 0 Å². The third kappa shape index (κ3) is 4.10. The molecule has 0 radical (unpaired) electrons. The summed E-state index contributed by atoms with van der Waals surface area (Å²) in [5, 5.41) is 0. The molecule has 1 aromatic rings. The molecule has 0 heterocycles. The fraction of sp³-hybridized carbons (Fsp3) is 0.0833. The van der Waals surface area contributed by atoms with Crippen molar-refractivity contribution in [1.82, 2.24) is 0 Å². The van der Waals surface area contributed by atoms with Crippen LogP contribution in [0.4, 0.5) is 4.39 Å². The van der Waals surface area contributed by atoms with Crippen molar-refractivity contribution >= 4 is 5.97 Å². The Hall–Kier alpha value is -2.08. The van der Waals surface area contributed by atoms with E-state index in [4.69, 9.17) is 0 Å². The van der Waals surface area contributed by atoms with Crippen LogP contribution >= 0.6 is 0 Å². The van der Waals surface area contributed by atoms with Gasteiger partial charge in [-0.3, -0.25) is 0 Å². The molecule has 15 heavy (non-hydrogen) atoms. The topological polar surface area (TPSA) is 26.3 Å². The highest BCUT2D eigenvalue weighted by Crippen LogP contribution is 2.00. The average molecular weight is 204 g/mol. The van der Waals surface area contributed by atoms with Crippen molar-refractivity contribution in [1.29, 1.82) is 0 Å². The van der Waals surface area contributed by atoms with E-state index >= 15 is 0 Å². The maximum Gasteiger partial charge on any atom is 0.331 e. The summed E-state index contributed by atoms with van der Waals surface area (Å²) in [6.45, 7) is 0. The highest BCUT2D eigenvalue weighted by Gasteiger charge is 1.88. The molecular formula is C12H9FO2. The van der Waals surface area contributed by atoms with Crippen LogP contribution in [0.5, 0.6) is 0 Å². The van der Waals surface area contributed by atoms with Gasteiger partial charge in [0, 0.05) is 11.6 Å². The van der Waals surface area contributed by atoms with Gasteiger partial charge in [-0.1, -0.05) is 11.8 Å². The van der Waals surface area contributed by atoms with Crippen molar-refractivity contribution in [2.45, 2.75) is 0 Å². The summed E-state index contributed by atoms with van der Waals surface area (Å²) in [6.07, 6.45) is 2.60. The molecule has 1 rings (SSSR count). The van der Waals surface area contributed by atoms with E-state index in [0.29, 0.717) is 5.56 Å². The first-order valence-electron chi connectivity index (χ1n) is 4.24. The third-order valence-electron chi connectivity index (χ3n) is 1.56. The van der Waals surface area contributed by atoms with Gasteiger partial charge >= 0.3 is 5.97 Å². The lowest BCUT2D eigenvalue weighted by atomic mass is 10.2. The van der Waals surface area contributed by atoms with Crippen molar-refractivity contribution in [2.24, 2.45) is 0 Å². The molecule has 0 spiro atoms. The van der Waals surface area contributed by atoms with E-state index in [1.165, 1.54) is 31.4 Å². The average Bonchev–Trinajstić information content (AvgIpc) is 2.26. The van der Waals surface area contributed by atoms with E-state index in [2.05, 4.69) is 16.6 Å². The van der Waals surface area contributed by atoms with E-state index in [0.717, 1.165) is 0 Å². The largest absolute Gasteiger partial charge is 0.466 e. The van der Waals surface area contributed by atoms with Gasteiger partial charge in [0.15, 0.2) is 0 Å². The maximum absolute atomic E-state index is 12.5. The number of benzene rings is 1. The number of halogens is 1. The molecule has 3 heteroatoms. The first-order valence-corrected chi connectivity index (χ1v) is 4.24.